The van der Waals surface area contributed by atoms with Crippen LogP contribution in [0.25, 0.3) is 0 Å². The van der Waals surface area contributed by atoms with E-state index >= 15 is 0 Å². The zero-order valence-electron chi connectivity index (χ0n) is 12.5. The molecule has 114 valence electrons. The van der Waals surface area contributed by atoms with Gasteiger partial charge in [-0.3, -0.25) is 4.68 Å². The third kappa shape index (κ3) is 3.39. The van der Waals surface area contributed by atoms with Gasteiger partial charge in [0.15, 0.2) is 0 Å². The van der Waals surface area contributed by atoms with Gasteiger partial charge in [0.2, 0.25) is 0 Å². The highest BCUT2D eigenvalue weighted by atomic mass is 79.9. The second kappa shape index (κ2) is 6.95. The molecule has 6 heteroatoms. The molecule has 0 saturated heterocycles. The SMILES string of the molecule is CCn1nc(C)c(Br)c1COc1ccc(OC)cc1CN. The van der Waals surface area contributed by atoms with Gasteiger partial charge in [0, 0.05) is 18.7 Å². The zero-order chi connectivity index (χ0) is 15.4. The van der Waals surface area contributed by atoms with Crippen LogP contribution in [0.3, 0.4) is 0 Å². The Labute approximate surface area is 133 Å². The topological polar surface area (TPSA) is 62.3 Å². The van der Waals surface area contributed by atoms with Gasteiger partial charge in [-0.1, -0.05) is 0 Å². The second-order valence-electron chi connectivity index (χ2n) is 4.63. The maximum Gasteiger partial charge on any atom is 0.131 e. The largest absolute Gasteiger partial charge is 0.497 e. The molecule has 0 aliphatic carbocycles. The van der Waals surface area contributed by atoms with E-state index in [4.69, 9.17) is 15.2 Å². The van der Waals surface area contributed by atoms with Gasteiger partial charge in [0.05, 0.1) is 23.0 Å². The molecule has 0 atom stereocenters. The van der Waals surface area contributed by atoms with Gasteiger partial charge in [0.25, 0.3) is 0 Å². The van der Waals surface area contributed by atoms with Crippen molar-refractivity contribution in [3.05, 3.63) is 39.6 Å². The van der Waals surface area contributed by atoms with E-state index in [0.29, 0.717) is 13.2 Å². The van der Waals surface area contributed by atoms with E-state index in [-0.39, 0.29) is 0 Å². The van der Waals surface area contributed by atoms with E-state index in [1.807, 2.05) is 29.8 Å². The Morgan fingerprint density at radius 1 is 1.38 bits per heavy atom. The number of nitrogens with two attached hydrogens (primary N) is 1. The first-order chi connectivity index (χ1) is 10.1. The van der Waals surface area contributed by atoms with Gasteiger partial charge in [-0.05, 0) is 48.0 Å². The first kappa shape index (κ1) is 15.9. The van der Waals surface area contributed by atoms with Crippen molar-refractivity contribution < 1.29 is 9.47 Å². The van der Waals surface area contributed by atoms with Crippen LogP contribution in [0, 0.1) is 6.92 Å². The molecule has 1 aromatic carbocycles. The van der Waals surface area contributed by atoms with Crippen LogP contribution in [-0.2, 0) is 19.7 Å². The summed E-state index contributed by atoms with van der Waals surface area (Å²) in [4.78, 5) is 0. The van der Waals surface area contributed by atoms with E-state index in [9.17, 15) is 0 Å². The molecule has 0 saturated carbocycles. The van der Waals surface area contributed by atoms with Crippen molar-refractivity contribution in [3.8, 4) is 11.5 Å². The molecular formula is C15H20BrN3O2. The Balaban J connectivity index is 2.20. The van der Waals surface area contributed by atoms with Crippen LogP contribution < -0.4 is 15.2 Å². The van der Waals surface area contributed by atoms with Crippen LogP contribution >= 0.6 is 15.9 Å². The highest BCUT2D eigenvalue weighted by Gasteiger charge is 2.13. The number of ether oxygens (including phenoxy) is 2. The Morgan fingerprint density at radius 2 is 2.14 bits per heavy atom. The van der Waals surface area contributed by atoms with Gasteiger partial charge in [-0.25, -0.2) is 0 Å². The lowest BCUT2D eigenvalue weighted by atomic mass is 10.2. The fourth-order valence-electron chi connectivity index (χ4n) is 2.14. The number of nitrogens with zero attached hydrogens (tertiary/aromatic N) is 2. The number of hydrogen-bond acceptors (Lipinski definition) is 4. The van der Waals surface area contributed by atoms with E-state index < -0.39 is 0 Å². The van der Waals surface area contributed by atoms with E-state index in [0.717, 1.165) is 39.5 Å². The highest BCUT2D eigenvalue weighted by molar-refractivity contribution is 9.10. The fourth-order valence-corrected chi connectivity index (χ4v) is 2.53. The van der Waals surface area contributed by atoms with Crippen molar-refractivity contribution in [2.75, 3.05) is 7.11 Å². The highest BCUT2D eigenvalue weighted by Crippen LogP contribution is 2.27. The van der Waals surface area contributed by atoms with Crippen LogP contribution in [0.1, 0.15) is 23.9 Å². The predicted octanol–water partition coefficient (Wildman–Crippen LogP) is 3.02. The Bertz CT molecular complexity index is 626. The van der Waals surface area contributed by atoms with Crippen molar-refractivity contribution in [2.45, 2.75) is 33.5 Å². The first-order valence-electron chi connectivity index (χ1n) is 6.82. The van der Waals surface area contributed by atoms with E-state index in [2.05, 4.69) is 28.0 Å². The summed E-state index contributed by atoms with van der Waals surface area (Å²) in [6.45, 7) is 5.67. The zero-order valence-corrected chi connectivity index (χ0v) is 14.1. The monoisotopic (exact) mass is 353 g/mol. The van der Waals surface area contributed by atoms with Crippen LogP contribution in [0.2, 0.25) is 0 Å². The average Bonchev–Trinajstić information content (AvgIpc) is 2.79. The van der Waals surface area contributed by atoms with Crippen molar-refractivity contribution in [1.29, 1.82) is 0 Å². The molecular weight excluding hydrogens is 334 g/mol. The number of hydrogen-bond donors (Lipinski definition) is 1. The van der Waals surface area contributed by atoms with Gasteiger partial charge >= 0.3 is 0 Å². The first-order valence-corrected chi connectivity index (χ1v) is 7.61. The lowest BCUT2D eigenvalue weighted by Gasteiger charge is -2.13. The minimum Gasteiger partial charge on any atom is -0.497 e. The normalized spacial score (nSPS) is 10.7. The number of halogens is 1. The molecule has 0 spiro atoms. The van der Waals surface area contributed by atoms with Crippen molar-refractivity contribution in [3.63, 3.8) is 0 Å². The third-order valence-corrected chi connectivity index (χ3v) is 4.34. The van der Waals surface area contributed by atoms with Crippen molar-refractivity contribution >= 4 is 15.9 Å². The van der Waals surface area contributed by atoms with E-state index in [1.165, 1.54) is 0 Å². The molecule has 5 nitrogen and oxygen atoms in total. The average molecular weight is 354 g/mol. The Hall–Kier alpha value is -1.53. The molecule has 21 heavy (non-hydrogen) atoms. The second-order valence-corrected chi connectivity index (χ2v) is 5.42. The minimum atomic E-state index is 0.403. The summed E-state index contributed by atoms with van der Waals surface area (Å²) < 4.78 is 14.1. The molecule has 2 aromatic rings. The summed E-state index contributed by atoms with van der Waals surface area (Å²) in [5.41, 5.74) is 8.68. The molecule has 0 unspecified atom stereocenters. The fraction of sp³-hybridized carbons (Fsp3) is 0.400. The van der Waals surface area contributed by atoms with Crippen molar-refractivity contribution in [1.82, 2.24) is 9.78 Å². The van der Waals surface area contributed by atoms with Crippen LogP contribution in [0.4, 0.5) is 0 Å². The molecule has 1 heterocycles. The summed E-state index contributed by atoms with van der Waals surface area (Å²) in [5, 5.41) is 4.46. The number of methoxy groups -OCH3 is 1. The summed E-state index contributed by atoms with van der Waals surface area (Å²) >= 11 is 3.57. The molecule has 0 amide bonds. The summed E-state index contributed by atoms with van der Waals surface area (Å²) in [6.07, 6.45) is 0. The number of benzene rings is 1. The Morgan fingerprint density at radius 3 is 2.76 bits per heavy atom. The third-order valence-electron chi connectivity index (χ3n) is 3.30. The number of rotatable bonds is 6. The molecule has 0 radical (unpaired) electrons. The molecule has 0 bridgehead atoms. The Kier molecular flexibility index (Phi) is 5.25. The number of aromatic nitrogens is 2. The van der Waals surface area contributed by atoms with Crippen LogP contribution in [0.15, 0.2) is 22.7 Å². The summed E-state index contributed by atoms with van der Waals surface area (Å²) in [5.74, 6) is 1.55. The molecule has 0 fully saturated rings. The van der Waals surface area contributed by atoms with Crippen LogP contribution in [0.5, 0.6) is 11.5 Å². The van der Waals surface area contributed by atoms with Crippen LogP contribution in [-0.4, -0.2) is 16.9 Å². The lowest BCUT2D eigenvalue weighted by molar-refractivity contribution is 0.288. The van der Waals surface area contributed by atoms with Gasteiger partial charge in [-0.2, -0.15) is 5.10 Å². The smallest absolute Gasteiger partial charge is 0.131 e. The summed E-state index contributed by atoms with van der Waals surface area (Å²) in [7, 11) is 1.63. The predicted molar refractivity (Wildman–Crippen MR) is 85.6 cm³/mol. The molecule has 2 N–H and O–H groups in total. The van der Waals surface area contributed by atoms with Gasteiger partial charge in [-0.15, -0.1) is 0 Å². The standard InChI is InChI=1S/C15H20BrN3O2/c1-4-19-13(15(16)10(2)18-19)9-21-14-6-5-12(20-3)7-11(14)8-17/h5-7H,4,8-9,17H2,1-3H3. The van der Waals surface area contributed by atoms with E-state index in [1.54, 1.807) is 7.11 Å². The minimum absolute atomic E-state index is 0.403. The lowest BCUT2D eigenvalue weighted by Crippen LogP contribution is -2.08. The molecule has 2 rings (SSSR count). The molecule has 0 aliphatic rings. The van der Waals surface area contributed by atoms with Gasteiger partial charge < -0.3 is 15.2 Å². The molecule has 0 aliphatic heterocycles. The van der Waals surface area contributed by atoms with Gasteiger partial charge in [0.1, 0.15) is 18.1 Å². The maximum absolute atomic E-state index is 5.92. The number of aryl methyl sites for hydroxylation is 2. The summed E-state index contributed by atoms with van der Waals surface area (Å²) in [6, 6.07) is 5.65. The van der Waals surface area contributed by atoms with Crippen molar-refractivity contribution in [2.24, 2.45) is 5.73 Å². The molecule has 1 aromatic heterocycles. The maximum atomic E-state index is 5.92. The quantitative estimate of drug-likeness (QED) is 0.866.